The molecule has 0 unspecified atom stereocenters. The summed E-state index contributed by atoms with van der Waals surface area (Å²) in [5.41, 5.74) is 7.47. The van der Waals surface area contributed by atoms with Crippen molar-refractivity contribution in [2.24, 2.45) is 5.73 Å². The van der Waals surface area contributed by atoms with Crippen LogP contribution >= 0.6 is 15.9 Å². The number of carbonyl (C=O) groups is 1. The number of nitrogens with two attached hydrogens (primary N) is 1. The summed E-state index contributed by atoms with van der Waals surface area (Å²) < 4.78 is 0.935. The first kappa shape index (κ1) is 15.7. The second-order valence-electron chi connectivity index (χ2n) is 4.91. The quantitative estimate of drug-likeness (QED) is 0.873. The summed E-state index contributed by atoms with van der Waals surface area (Å²) in [4.78, 5) is 18.1. The molecule has 1 aromatic heterocycles. The van der Waals surface area contributed by atoms with E-state index in [4.69, 9.17) is 5.73 Å². The molecule has 0 bridgehead atoms. The maximum absolute atomic E-state index is 11.8. The van der Waals surface area contributed by atoms with E-state index in [1.165, 1.54) is 0 Å². The van der Waals surface area contributed by atoms with Gasteiger partial charge in [-0.15, -0.1) is 0 Å². The summed E-state index contributed by atoms with van der Waals surface area (Å²) in [6, 6.07) is 13.1. The van der Waals surface area contributed by atoms with Crippen LogP contribution in [0.4, 0.5) is 0 Å². The minimum Gasteiger partial charge on any atom is -0.368 e. The van der Waals surface area contributed by atoms with Gasteiger partial charge in [-0.3, -0.25) is 14.7 Å². The number of nitrogens with zero attached hydrogens (tertiary/aromatic N) is 2. The normalized spacial score (nSPS) is 12.3. The average molecular weight is 348 g/mol. The van der Waals surface area contributed by atoms with Gasteiger partial charge >= 0.3 is 0 Å². The number of carbonyl (C=O) groups excluding carboxylic acids is 1. The van der Waals surface area contributed by atoms with Crippen LogP contribution in [0.2, 0.25) is 0 Å². The van der Waals surface area contributed by atoms with Gasteiger partial charge in [0.05, 0.1) is 0 Å². The van der Waals surface area contributed by atoms with Crippen molar-refractivity contribution in [1.29, 1.82) is 0 Å². The first-order valence-corrected chi connectivity index (χ1v) is 7.52. The van der Waals surface area contributed by atoms with Gasteiger partial charge in [0.25, 0.3) is 0 Å². The van der Waals surface area contributed by atoms with E-state index in [0.717, 1.165) is 22.2 Å². The molecule has 1 atom stereocenters. The van der Waals surface area contributed by atoms with Crippen LogP contribution < -0.4 is 5.73 Å². The van der Waals surface area contributed by atoms with Crippen LogP contribution in [0.3, 0.4) is 0 Å². The van der Waals surface area contributed by atoms with Crippen LogP contribution in [-0.2, 0) is 11.2 Å². The average Bonchev–Trinajstić information content (AvgIpc) is 2.46. The number of hydrogen-bond acceptors (Lipinski definition) is 3. The zero-order valence-electron chi connectivity index (χ0n) is 11.9. The minimum atomic E-state index is -0.439. The first-order chi connectivity index (χ1) is 10.1. The van der Waals surface area contributed by atoms with Gasteiger partial charge in [0.1, 0.15) is 6.04 Å². The second-order valence-corrected chi connectivity index (χ2v) is 5.83. The van der Waals surface area contributed by atoms with Crippen molar-refractivity contribution in [3.63, 3.8) is 0 Å². The Balaban J connectivity index is 2.09. The maximum atomic E-state index is 11.8. The number of rotatable bonds is 6. The fourth-order valence-corrected chi connectivity index (χ4v) is 2.70. The van der Waals surface area contributed by atoms with E-state index >= 15 is 0 Å². The van der Waals surface area contributed by atoms with Crippen LogP contribution in [0, 0.1) is 0 Å². The summed E-state index contributed by atoms with van der Waals surface area (Å²) >= 11 is 3.42. The number of hydrogen-bond donors (Lipinski definition) is 1. The molecular formula is C16H18BrN3O. The summed E-state index contributed by atoms with van der Waals surface area (Å²) in [5.74, 6) is -0.350. The maximum Gasteiger partial charge on any atom is 0.239 e. The van der Waals surface area contributed by atoms with Gasteiger partial charge in [-0.25, -0.2) is 0 Å². The molecule has 0 aliphatic rings. The summed E-state index contributed by atoms with van der Waals surface area (Å²) in [6.45, 7) is 0.705. The van der Waals surface area contributed by atoms with E-state index in [0.29, 0.717) is 6.54 Å². The smallest absolute Gasteiger partial charge is 0.239 e. The van der Waals surface area contributed by atoms with Crippen molar-refractivity contribution < 1.29 is 4.79 Å². The fraction of sp³-hybridized carbons (Fsp3) is 0.250. The summed E-state index contributed by atoms with van der Waals surface area (Å²) in [7, 11) is 1.90. The Hall–Kier alpha value is -1.72. The largest absolute Gasteiger partial charge is 0.368 e. The Morgan fingerprint density at radius 1 is 1.33 bits per heavy atom. The summed E-state index contributed by atoms with van der Waals surface area (Å²) in [6.07, 6.45) is 2.55. The van der Waals surface area contributed by atoms with E-state index in [1.807, 2.05) is 54.4 Å². The zero-order chi connectivity index (χ0) is 15.2. The van der Waals surface area contributed by atoms with Gasteiger partial charge in [0.15, 0.2) is 0 Å². The highest BCUT2D eigenvalue weighted by atomic mass is 79.9. The molecule has 21 heavy (non-hydrogen) atoms. The number of primary amides is 1. The van der Waals surface area contributed by atoms with Gasteiger partial charge in [-0.2, -0.15) is 0 Å². The standard InChI is InChI=1S/C16H18BrN3O/c1-20(10-8-14-7-2-3-9-19-14)15(16(18)21)12-5-4-6-13(17)11-12/h2-7,9,11,15H,8,10H2,1H3,(H2,18,21)/t15-/m1/s1. The van der Waals surface area contributed by atoms with Crippen molar-refractivity contribution in [2.45, 2.75) is 12.5 Å². The van der Waals surface area contributed by atoms with E-state index in [-0.39, 0.29) is 5.91 Å². The van der Waals surface area contributed by atoms with E-state index in [2.05, 4.69) is 20.9 Å². The van der Waals surface area contributed by atoms with Crippen LogP contribution in [0.1, 0.15) is 17.3 Å². The summed E-state index contributed by atoms with van der Waals surface area (Å²) in [5, 5.41) is 0. The molecule has 1 amide bonds. The molecule has 5 heteroatoms. The predicted octanol–water partition coefficient (Wildman–Crippen LogP) is 2.54. The number of amides is 1. The third-order valence-corrected chi connectivity index (χ3v) is 3.81. The van der Waals surface area contributed by atoms with Gasteiger partial charge in [0.2, 0.25) is 5.91 Å². The molecule has 2 rings (SSSR count). The lowest BCUT2D eigenvalue weighted by atomic mass is 10.0. The topological polar surface area (TPSA) is 59.2 Å². The molecule has 2 aromatic rings. The van der Waals surface area contributed by atoms with E-state index < -0.39 is 6.04 Å². The molecular weight excluding hydrogens is 330 g/mol. The van der Waals surface area contributed by atoms with Crippen LogP contribution in [-0.4, -0.2) is 29.4 Å². The molecule has 0 spiro atoms. The highest BCUT2D eigenvalue weighted by molar-refractivity contribution is 9.10. The van der Waals surface area contributed by atoms with E-state index in [1.54, 1.807) is 6.20 Å². The molecule has 2 N–H and O–H groups in total. The van der Waals surface area contributed by atoms with Crippen molar-refractivity contribution in [3.05, 3.63) is 64.4 Å². The minimum absolute atomic E-state index is 0.350. The van der Waals surface area contributed by atoms with Gasteiger partial charge in [0, 0.05) is 29.3 Å². The van der Waals surface area contributed by atoms with Gasteiger partial charge in [-0.05, 0) is 36.9 Å². The molecule has 0 fully saturated rings. The Morgan fingerprint density at radius 2 is 2.14 bits per heavy atom. The molecule has 1 heterocycles. The molecule has 0 saturated heterocycles. The third-order valence-electron chi connectivity index (χ3n) is 3.32. The van der Waals surface area contributed by atoms with E-state index in [9.17, 15) is 4.79 Å². The molecule has 0 radical (unpaired) electrons. The molecule has 4 nitrogen and oxygen atoms in total. The van der Waals surface area contributed by atoms with Crippen molar-refractivity contribution in [1.82, 2.24) is 9.88 Å². The number of aromatic nitrogens is 1. The predicted molar refractivity (Wildman–Crippen MR) is 86.6 cm³/mol. The number of benzene rings is 1. The molecule has 0 saturated carbocycles. The number of halogens is 1. The first-order valence-electron chi connectivity index (χ1n) is 6.73. The van der Waals surface area contributed by atoms with Crippen molar-refractivity contribution in [3.8, 4) is 0 Å². The third kappa shape index (κ3) is 4.37. The van der Waals surface area contributed by atoms with Crippen molar-refractivity contribution >= 4 is 21.8 Å². The van der Waals surface area contributed by atoms with Gasteiger partial charge < -0.3 is 5.73 Å². The zero-order valence-corrected chi connectivity index (χ0v) is 13.5. The number of likely N-dealkylation sites (N-methyl/N-ethyl adjacent to an activating group) is 1. The monoisotopic (exact) mass is 347 g/mol. The Morgan fingerprint density at radius 3 is 2.76 bits per heavy atom. The fourth-order valence-electron chi connectivity index (χ4n) is 2.28. The van der Waals surface area contributed by atoms with Crippen LogP contribution in [0.25, 0.3) is 0 Å². The van der Waals surface area contributed by atoms with Crippen molar-refractivity contribution in [2.75, 3.05) is 13.6 Å². The Bertz CT molecular complexity index is 603. The van der Waals surface area contributed by atoms with Crippen LogP contribution in [0.5, 0.6) is 0 Å². The Kier molecular flexibility index (Phi) is 5.47. The lowest BCUT2D eigenvalue weighted by molar-refractivity contribution is -0.123. The highest BCUT2D eigenvalue weighted by Gasteiger charge is 2.22. The molecule has 0 aliphatic heterocycles. The lowest BCUT2D eigenvalue weighted by Crippen LogP contribution is -2.36. The molecule has 1 aromatic carbocycles. The lowest BCUT2D eigenvalue weighted by Gasteiger charge is -2.25. The Labute approximate surface area is 133 Å². The molecule has 0 aliphatic carbocycles. The van der Waals surface area contributed by atoms with Crippen LogP contribution in [0.15, 0.2) is 53.1 Å². The SMILES string of the molecule is CN(CCc1ccccn1)[C@@H](C(N)=O)c1cccc(Br)c1. The highest BCUT2D eigenvalue weighted by Crippen LogP contribution is 2.22. The van der Waals surface area contributed by atoms with Gasteiger partial charge in [-0.1, -0.05) is 34.1 Å². The second kappa shape index (κ2) is 7.33. The molecule has 110 valence electrons. The number of pyridine rings is 1.